The molecule has 0 unspecified atom stereocenters. The van der Waals surface area contributed by atoms with Crippen molar-refractivity contribution in [2.24, 2.45) is 0 Å². The molecule has 1 saturated heterocycles. The zero-order valence-corrected chi connectivity index (χ0v) is 19.0. The zero-order chi connectivity index (χ0) is 22.6. The monoisotopic (exact) mass is 452 g/mol. The maximum atomic E-state index is 13.4. The number of nitrogens with two attached hydrogens (primary N) is 2. The van der Waals surface area contributed by atoms with Gasteiger partial charge in [0.2, 0.25) is 0 Å². The summed E-state index contributed by atoms with van der Waals surface area (Å²) in [6, 6.07) is 17.5. The average Bonchev–Trinajstić information content (AvgIpc) is 2.82. The Kier molecular flexibility index (Phi) is 6.77. The summed E-state index contributed by atoms with van der Waals surface area (Å²) < 4.78 is 32.6. The first-order valence-electron chi connectivity index (χ1n) is 11.1. The highest BCUT2D eigenvalue weighted by Crippen LogP contribution is 2.28. The van der Waals surface area contributed by atoms with Crippen molar-refractivity contribution in [3.8, 4) is 5.75 Å². The Hall–Kier alpha value is -2.90. The van der Waals surface area contributed by atoms with Gasteiger partial charge in [0.05, 0.1) is 17.1 Å². The van der Waals surface area contributed by atoms with E-state index in [4.69, 9.17) is 15.9 Å². The highest BCUT2D eigenvalue weighted by Gasteiger charge is 2.31. The second-order valence-electron chi connectivity index (χ2n) is 8.20. The minimum atomic E-state index is -3.95. The maximum Gasteiger partial charge on any atom is 0.303 e. The number of ether oxygens (including phenoxy) is 1. The fraction of sp³-hybridized carbons (Fsp3) is 0.320. The number of rotatable bonds is 7. The second kappa shape index (κ2) is 9.71. The van der Waals surface area contributed by atoms with Crippen LogP contribution in [-0.2, 0) is 9.84 Å². The highest BCUT2D eigenvalue weighted by atomic mass is 32.2. The van der Waals surface area contributed by atoms with E-state index in [0.717, 1.165) is 31.4 Å². The molecule has 0 aromatic heterocycles. The smallest absolute Gasteiger partial charge is 0.303 e. The highest BCUT2D eigenvalue weighted by molar-refractivity contribution is 8.06. The Morgan fingerprint density at radius 2 is 1.75 bits per heavy atom. The van der Waals surface area contributed by atoms with Gasteiger partial charge in [0.15, 0.2) is 0 Å². The molecule has 0 amide bonds. The number of benzene rings is 3. The molecule has 0 spiro atoms. The molecular formula is C25H30N3O3S+. The molecule has 0 radical (unpaired) electrons. The third-order valence-electron chi connectivity index (χ3n) is 5.95. The quantitative estimate of drug-likeness (QED) is 0.249. The van der Waals surface area contributed by atoms with Crippen LogP contribution in [-0.4, -0.2) is 44.6 Å². The summed E-state index contributed by atoms with van der Waals surface area (Å²) in [5.74, 6) is 0.559. The van der Waals surface area contributed by atoms with Crippen molar-refractivity contribution >= 4 is 31.3 Å². The summed E-state index contributed by atoms with van der Waals surface area (Å²) in [6.07, 6.45) is 4.76. The Balaban J connectivity index is 1.50. The summed E-state index contributed by atoms with van der Waals surface area (Å²) in [7, 11) is -3.95. The lowest BCUT2D eigenvalue weighted by Crippen LogP contribution is -2.45. The molecule has 6 nitrogen and oxygen atoms in total. The molecule has 1 aliphatic rings. The number of fused-ring (bicyclic) bond motifs is 1. The van der Waals surface area contributed by atoms with E-state index in [2.05, 4.69) is 4.90 Å². The van der Waals surface area contributed by atoms with E-state index < -0.39 is 9.84 Å². The maximum absolute atomic E-state index is 13.4. The predicted octanol–water partition coefficient (Wildman–Crippen LogP) is 2.66. The summed E-state index contributed by atoms with van der Waals surface area (Å²) >= 11 is 0. The van der Waals surface area contributed by atoms with Crippen LogP contribution in [0.25, 0.3) is 10.8 Å². The fourth-order valence-electron chi connectivity index (χ4n) is 4.19. The molecule has 1 heterocycles. The van der Waals surface area contributed by atoms with E-state index in [1.807, 2.05) is 24.3 Å². The molecular weight excluding hydrogens is 422 g/mol. The van der Waals surface area contributed by atoms with Crippen molar-refractivity contribution in [1.29, 1.82) is 0 Å². The summed E-state index contributed by atoms with van der Waals surface area (Å²) in [5, 5.41) is 7.39. The molecule has 0 bridgehead atoms. The van der Waals surface area contributed by atoms with Gasteiger partial charge in [0, 0.05) is 17.6 Å². The Morgan fingerprint density at radius 3 is 2.56 bits per heavy atom. The number of nitrogen functional groups attached to an aromatic ring is 1. The van der Waals surface area contributed by atoms with Crippen molar-refractivity contribution in [3.63, 3.8) is 0 Å². The SMILES string of the molecule is Nc1ccc(OCCCN2CCCCC2)cc1C(=[NH2+])S(=O)(=O)c1cccc2ccccc12. The standard InChI is InChI=1S/C25H29N3O3S/c26-23-13-12-20(31-17-7-16-28-14-4-1-5-15-28)18-22(23)25(27)32(29,30)24-11-6-9-19-8-2-3-10-21(19)24/h2-3,6,8-13,18,27H,1,4-5,7,14-17,26H2/p+1. The van der Waals surface area contributed by atoms with Gasteiger partial charge in [0.1, 0.15) is 5.75 Å². The van der Waals surface area contributed by atoms with Crippen LogP contribution in [0.3, 0.4) is 0 Å². The molecule has 1 fully saturated rings. The van der Waals surface area contributed by atoms with Crippen LogP contribution >= 0.6 is 0 Å². The van der Waals surface area contributed by atoms with Crippen LogP contribution in [0.15, 0.2) is 65.6 Å². The molecule has 1 aliphatic heterocycles. The van der Waals surface area contributed by atoms with Gasteiger partial charge in [-0.3, -0.25) is 0 Å². The number of sulfone groups is 1. The molecule has 32 heavy (non-hydrogen) atoms. The lowest BCUT2D eigenvalue weighted by atomic mass is 10.1. The average molecular weight is 453 g/mol. The normalized spacial score (nSPS) is 15.0. The van der Waals surface area contributed by atoms with Crippen molar-refractivity contribution in [1.82, 2.24) is 4.90 Å². The first-order valence-corrected chi connectivity index (χ1v) is 12.6. The largest absolute Gasteiger partial charge is 0.494 e. The minimum Gasteiger partial charge on any atom is -0.494 e. The van der Waals surface area contributed by atoms with Crippen LogP contribution in [0.4, 0.5) is 5.69 Å². The molecule has 0 aliphatic carbocycles. The molecule has 0 atom stereocenters. The van der Waals surface area contributed by atoms with Crippen LogP contribution in [0.2, 0.25) is 0 Å². The van der Waals surface area contributed by atoms with Crippen molar-refractivity contribution in [2.45, 2.75) is 30.6 Å². The van der Waals surface area contributed by atoms with Gasteiger partial charge >= 0.3 is 5.04 Å². The summed E-state index contributed by atoms with van der Waals surface area (Å²) in [6.45, 7) is 3.87. The topological polar surface area (TPSA) is 98.2 Å². The van der Waals surface area contributed by atoms with E-state index in [1.165, 1.54) is 19.3 Å². The predicted molar refractivity (Wildman–Crippen MR) is 128 cm³/mol. The van der Waals surface area contributed by atoms with Crippen LogP contribution in [0.5, 0.6) is 5.75 Å². The summed E-state index contributed by atoms with van der Waals surface area (Å²) in [5.41, 5.74) is 6.67. The van der Waals surface area contributed by atoms with Crippen molar-refractivity contribution in [2.75, 3.05) is 32.0 Å². The zero-order valence-electron chi connectivity index (χ0n) is 18.2. The van der Waals surface area contributed by atoms with E-state index in [1.54, 1.807) is 36.4 Å². The van der Waals surface area contributed by atoms with E-state index >= 15 is 0 Å². The van der Waals surface area contributed by atoms with Gasteiger partial charge in [-0.05, 0) is 62.0 Å². The van der Waals surface area contributed by atoms with Gasteiger partial charge in [-0.25, -0.2) is 13.8 Å². The van der Waals surface area contributed by atoms with E-state index in [-0.39, 0.29) is 15.5 Å². The third-order valence-corrected chi connectivity index (χ3v) is 7.69. The fourth-order valence-corrected chi connectivity index (χ4v) is 5.63. The number of anilines is 1. The van der Waals surface area contributed by atoms with Gasteiger partial charge in [-0.15, -0.1) is 0 Å². The molecule has 3 aromatic carbocycles. The molecule has 168 valence electrons. The Bertz CT molecular complexity index is 1210. The van der Waals surface area contributed by atoms with Gasteiger partial charge in [-0.2, -0.15) is 0 Å². The lowest BCUT2D eigenvalue weighted by molar-refractivity contribution is -0.108. The summed E-state index contributed by atoms with van der Waals surface area (Å²) in [4.78, 5) is 2.63. The number of hydrogen-bond acceptors (Lipinski definition) is 5. The van der Waals surface area contributed by atoms with Crippen LogP contribution < -0.4 is 15.9 Å². The number of hydrogen-bond donors (Lipinski definition) is 2. The van der Waals surface area contributed by atoms with Crippen molar-refractivity contribution in [3.05, 3.63) is 66.2 Å². The lowest BCUT2D eigenvalue weighted by Gasteiger charge is -2.26. The van der Waals surface area contributed by atoms with Gasteiger partial charge in [0.25, 0.3) is 9.84 Å². The Labute approximate surface area is 189 Å². The van der Waals surface area contributed by atoms with Crippen LogP contribution in [0, 0.1) is 0 Å². The van der Waals surface area contributed by atoms with E-state index in [0.29, 0.717) is 23.4 Å². The van der Waals surface area contributed by atoms with Gasteiger partial charge < -0.3 is 15.4 Å². The van der Waals surface area contributed by atoms with Gasteiger partial charge in [-0.1, -0.05) is 42.8 Å². The number of piperidine rings is 1. The molecule has 4 rings (SSSR count). The van der Waals surface area contributed by atoms with E-state index in [9.17, 15) is 8.42 Å². The first kappa shape index (κ1) is 22.3. The second-order valence-corrected chi connectivity index (χ2v) is 10.1. The number of likely N-dealkylation sites (tertiary alicyclic amines) is 1. The third kappa shape index (κ3) is 4.79. The van der Waals surface area contributed by atoms with Crippen molar-refractivity contribution < 1.29 is 18.6 Å². The Morgan fingerprint density at radius 1 is 1.00 bits per heavy atom. The first-order chi connectivity index (χ1) is 15.5. The van der Waals surface area contributed by atoms with Crippen LogP contribution in [0.1, 0.15) is 31.2 Å². The molecule has 0 saturated carbocycles. The minimum absolute atomic E-state index is 0.167. The molecule has 3 aromatic rings. The molecule has 7 heteroatoms. The number of nitrogens with zero attached hydrogens (tertiary/aromatic N) is 1. The molecule has 4 N–H and O–H groups in total.